The Morgan fingerprint density at radius 3 is 2.89 bits per heavy atom. The molecule has 0 bridgehead atoms. The van der Waals surface area contributed by atoms with Crippen LogP contribution in [0.2, 0.25) is 0 Å². The van der Waals surface area contributed by atoms with Crippen molar-refractivity contribution in [3.8, 4) is 11.8 Å². The first-order chi connectivity index (χ1) is 9.28. The Balaban J connectivity index is 1.86. The van der Waals surface area contributed by atoms with Crippen molar-refractivity contribution in [3.05, 3.63) is 53.6 Å². The number of nitriles is 1. The maximum atomic E-state index is 8.82. The summed E-state index contributed by atoms with van der Waals surface area (Å²) in [5.41, 5.74) is 9.03. The molecule has 0 aliphatic carbocycles. The first-order valence-corrected chi connectivity index (χ1v) is 6.06. The third-order valence-electron chi connectivity index (χ3n) is 3.21. The third-order valence-corrected chi connectivity index (χ3v) is 3.21. The van der Waals surface area contributed by atoms with E-state index in [1.54, 1.807) is 12.1 Å². The fourth-order valence-electron chi connectivity index (χ4n) is 2.23. The molecular weight excluding hydrogens is 238 g/mol. The summed E-state index contributed by atoms with van der Waals surface area (Å²) in [5.74, 6) is 0.909. The van der Waals surface area contributed by atoms with Gasteiger partial charge in [-0.25, -0.2) is 0 Å². The summed E-state index contributed by atoms with van der Waals surface area (Å²) in [6.45, 7) is 0.582. The van der Waals surface area contributed by atoms with Crippen LogP contribution in [0.25, 0.3) is 0 Å². The zero-order valence-corrected chi connectivity index (χ0v) is 10.3. The highest BCUT2D eigenvalue weighted by atomic mass is 16.5. The monoisotopic (exact) mass is 251 g/mol. The second-order valence-electron chi connectivity index (χ2n) is 4.46. The van der Waals surface area contributed by atoms with E-state index in [2.05, 4.69) is 11.4 Å². The van der Waals surface area contributed by atoms with Crippen molar-refractivity contribution >= 4 is 11.4 Å². The van der Waals surface area contributed by atoms with E-state index in [4.69, 9.17) is 15.7 Å². The highest BCUT2D eigenvalue weighted by Gasteiger charge is 2.23. The Kier molecular flexibility index (Phi) is 2.73. The van der Waals surface area contributed by atoms with Gasteiger partial charge in [0, 0.05) is 5.56 Å². The molecule has 19 heavy (non-hydrogen) atoms. The van der Waals surface area contributed by atoms with E-state index in [1.807, 2.05) is 30.3 Å². The lowest BCUT2D eigenvalue weighted by molar-refractivity contribution is 0.340. The number of nitrogens with zero attached hydrogens (tertiary/aromatic N) is 1. The number of anilines is 2. The maximum absolute atomic E-state index is 8.82. The Labute approximate surface area is 111 Å². The van der Waals surface area contributed by atoms with Crippen LogP contribution in [0, 0.1) is 11.3 Å². The molecule has 1 atom stereocenters. The molecular formula is C15H13N3O. The van der Waals surface area contributed by atoms with Crippen molar-refractivity contribution in [2.24, 2.45) is 0 Å². The number of nitrogens with one attached hydrogen (secondary N) is 1. The molecule has 1 aliphatic rings. The van der Waals surface area contributed by atoms with E-state index in [-0.39, 0.29) is 6.04 Å². The van der Waals surface area contributed by atoms with Crippen molar-refractivity contribution in [2.45, 2.75) is 6.04 Å². The summed E-state index contributed by atoms with van der Waals surface area (Å²) in [6, 6.07) is 15.4. The number of hydrogen-bond donors (Lipinski definition) is 2. The van der Waals surface area contributed by atoms with Gasteiger partial charge < -0.3 is 15.8 Å². The van der Waals surface area contributed by atoms with E-state index >= 15 is 0 Å². The minimum absolute atomic E-state index is 0.0893. The lowest BCUT2D eigenvalue weighted by atomic mass is 10.1. The Hall–Kier alpha value is -2.67. The van der Waals surface area contributed by atoms with Crippen molar-refractivity contribution in [1.82, 2.24) is 0 Å². The molecule has 0 spiro atoms. The van der Waals surface area contributed by atoms with Gasteiger partial charge in [-0.2, -0.15) is 5.26 Å². The number of benzene rings is 2. The number of ether oxygens (including phenoxy) is 1. The quantitative estimate of drug-likeness (QED) is 0.805. The maximum Gasteiger partial charge on any atom is 0.124 e. The molecule has 2 aromatic rings. The largest absolute Gasteiger partial charge is 0.491 e. The van der Waals surface area contributed by atoms with Crippen LogP contribution >= 0.6 is 0 Å². The standard InChI is InChI=1S/C15H13N3O/c16-8-10-5-6-13(12(17)7-10)18-14-9-19-15-4-2-1-3-11(14)15/h1-7,14,18H,9,17H2. The fourth-order valence-corrected chi connectivity index (χ4v) is 2.23. The predicted molar refractivity (Wildman–Crippen MR) is 73.9 cm³/mol. The van der Waals surface area contributed by atoms with Crippen molar-refractivity contribution < 1.29 is 4.74 Å². The summed E-state index contributed by atoms with van der Waals surface area (Å²) in [5, 5.41) is 12.2. The van der Waals surface area contributed by atoms with Gasteiger partial charge in [0.2, 0.25) is 0 Å². The van der Waals surface area contributed by atoms with E-state index in [1.165, 1.54) is 0 Å². The molecule has 0 amide bonds. The second kappa shape index (κ2) is 4.54. The van der Waals surface area contributed by atoms with E-state index in [0.29, 0.717) is 17.9 Å². The molecule has 0 radical (unpaired) electrons. The molecule has 4 nitrogen and oxygen atoms in total. The van der Waals surface area contributed by atoms with Crippen LogP contribution in [0.5, 0.6) is 5.75 Å². The summed E-state index contributed by atoms with van der Waals surface area (Å²) >= 11 is 0. The van der Waals surface area contributed by atoms with Gasteiger partial charge in [0.1, 0.15) is 12.4 Å². The van der Waals surface area contributed by atoms with E-state index in [0.717, 1.165) is 17.0 Å². The van der Waals surface area contributed by atoms with Gasteiger partial charge in [-0.1, -0.05) is 18.2 Å². The SMILES string of the molecule is N#Cc1ccc(NC2COc3ccccc32)c(N)c1. The molecule has 4 heteroatoms. The Morgan fingerprint density at radius 2 is 2.11 bits per heavy atom. The van der Waals surface area contributed by atoms with Gasteiger partial charge in [0.15, 0.2) is 0 Å². The molecule has 0 fully saturated rings. The van der Waals surface area contributed by atoms with Crippen molar-refractivity contribution in [2.75, 3.05) is 17.7 Å². The van der Waals surface area contributed by atoms with Crippen LogP contribution in [0.15, 0.2) is 42.5 Å². The molecule has 0 aromatic heterocycles. The average molecular weight is 251 g/mol. The van der Waals surface area contributed by atoms with Gasteiger partial charge in [-0.3, -0.25) is 0 Å². The highest BCUT2D eigenvalue weighted by molar-refractivity contribution is 5.69. The molecule has 1 aliphatic heterocycles. The zero-order valence-electron chi connectivity index (χ0n) is 10.3. The van der Waals surface area contributed by atoms with Gasteiger partial charge in [-0.15, -0.1) is 0 Å². The zero-order chi connectivity index (χ0) is 13.2. The van der Waals surface area contributed by atoms with Crippen LogP contribution in [-0.4, -0.2) is 6.61 Å². The number of para-hydroxylation sites is 1. The lowest BCUT2D eigenvalue weighted by Gasteiger charge is -2.15. The van der Waals surface area contributed by atoms with Crippen LogP contribution in [-0.2, 0) is 0 Å². The molecule has 1 unspecified atom stereocenters. The second-order valence-corrected chi connectivity index (χ2v) is 4.46. The minimum Gasteiger partial charge on any atom is -0.491 e. The van der Waals surface area contributed by atoms with Crippen LogP contribution in [0.1, 0.15) is 17.2 Å². The number of nitrogen functional groups attached to an aromatic ring is 1. The van der Waals surface area contributed by atoms with Crippen LogP contribution < -0.4 is 15.8 Å². The Bertz CT molecular complexity index is 661. The molecule has 3 N–H and O–H groups in total. The normalized spacial score (nSPS) is 16.3. The highest BCUT2D eigenvalue weighted by Crippen LogP contribution is 2.35. The number of hydrogen-bond acceptors (Lipinski definition) is 4. The van der Waals surface area contributed by atoms with Crippen molar-refractivity contribution in [3.63, 3.8) is 0 Å². The predicted octanol–water partition coefficient (Wildman–Crippen LogP) is 2.69. The summed E-state index contributed by atoms with van der Waals surface area (Å²) in [6.07, 6.45) is 0. The van der Waals surface area contributed by atoms with Gasteiger partial charge in [-0.05, 0) is 24.3 Å². The van der Waals surface area contributed by atoms with Gasteiger partial charge in [0.25, 0.3) is 0 Å². The van der Waals surface area contributed by atoms with E-state index < -0.39 is 0 Å². The first-order valence-electron chi connectivity index (χ1n) is 6.06. The molecule has 2 aromatic carbocycles. The number of rotatable bonds is 2. The lowest BCUT2D eigenvalue weighted by Crippen LogP contribution is -2.13. The van der Waals surface area contributed by atoms with Gasteiger partial charge in [0.05, 0.1) is 29.0 Å². The topological polar surface area (TPSA) is 71.1 Å². The van der Waals surface area contributed by atoms with Crippen molar-refractivity contribution in [1.29, 1.82) is 5.26 Å². The molecule has 3 rings (SSSR count). The van der Waals surface area contributed by atoms with Crippen LogP contribution in [0.3, 0.4) is 0 Å². The fraction of sp³-hybridized carbons (Fsp3) is 0.133. The Morgan fingerprint density at radius 1 is 1.26 bits per heavy atom. The smallest absolute Gasteiger partial charge is 0.124 e. The average Bonchev–Trinajstić information content (AvgIpc) is 2.84. The summed E-state index contributed by atoms with van der Waals surface area (Å²) in [4.78, 5) is 0. The molecule has 94 valence electrons. The first kappa shape index (κ1) is 11.4. The summed E-state index contributed by atoms with van der Waals surface area (Å²) in [7, 11) is 0. The number of nitrogens with two attached hydrogens (primary N) is 1. The summed E-state index contributed by atoms with van der Waals surface area (Å²) < 4.78 is 5.61. The minimum atomic E-state index is 0.0893. The van der Waals surface area contributed by atoms with Crippen LogP contribution in [0.4, 0.5) is 11.4 Å². The van der Waals surface area contributed by atoms with Gasteiger partial charge >= 0.3 is 0 Å². The molecule has 0 saturated carbocycles. The van der Waals surface area contributed by atoms with E-state index in [9.17, 15) is 0 Å². The third kappa shape index (κ3) is 2.06. The molecule has 0 saturated heterocycles. The molecule has 1 heterocycles. The number of fused-ring (bicyclic) bond motifs is 1.